The standard InChI is InChI=1S/C13H21NO/c1-13(2,3)12(15)11-7-5-4-6-10(11)8-9-14/h4-7,12,15H,8-9,14H2,1-3H3. The molecule has 1 atom stereocenters. The Bertz CT molecular complexity index is 315. The molecule has 0 fully saturated rings. The maximum Gasteiger partial charge on any atom is 0.0840 e. The van der Waals surface area contributed by atoms with E-state index in [9.17, 15) is 5.11 Å². The Morgan fingerprint density at radius 2 is 1.87 bits per heavy atom. The van der Waals surface area contributed by atoms with Gasteiger partial charge in [-0.25, -0.2) is 0 Å². The first kappa shape index (κ1) is 12.2. The molecule has 0 heterocycles. The zero-order valence-corrected chi connectivity index (χ0v) is 9.83. The molecule has 2 nitrogen and oxygen atoms in total. The first-order chi connectivity index (χ1) is 6.96. The van der Waals surface area contributed by atoms with Crippen molar-refractivity contribution in [3.8, 4) is 0 Å². The highest BCUT2D eigenvalue weighted by molar-refractivity contribution is 5.30. The summed E-state index contributed by atoms with van der Waals surface area (Å²) in [7, 11) is 0. The van der Waals surface area contributed by atoms with Gasteiger partial charge >= 0.3 is 0 Å². The highest BCUT2D eigenvalue weighted by atomic mass is 16.3. The van der Waals surface area contributed by atoms with Crippen LogP contribution in [-0.4, -0.2) is 11.7 Å². The van der Waals surface area contributed by atoms with Crippen LogP contribution in [0.1, 0.15) is 38.0 Å². The number of hydrogen-bond donors (Lipinski definition) is 2. The van der Waals surface area contributed by atoms with Crippen molar-refractivity contribution < 1.29 is 5.11 Å². The molecule has 0 radical (unpaired) electrons. The Morgan fingerprint density at radius 3 is 2.40 bits per heavy atom. The maximum atomic E-state index is 10.2. The lowest BCUT2D eigenvalue weighted by atomic mass is 9.82. The Kier molecular flexibility index (Phi) is 3.89. The summed E-state index contributed by atoms with van der Waals surface area (Å²) in [5, 5.41) is 10.2. The zero-order chi connectivity index (χ0) is 11.5. The normalized spacial score (nSPS) is 13.9. The lowest BCUT2D eigenvalue weighted by Gasteiger charge is -2.27. The van der Waals surface area contributed by atoms with Crippen molar-refractivity contribution in [2.45, 2.75) is 33.3 Å². The Hall–Kier alpha value is -0.860. The first-order valence-corrected chi connectivity index (χ1v) is 5.42. The van der Waals surface area contributed by atoms with Gasteiger partial charge in [-0.1, -0.05) is 45.0 Å². The molecular formula is C13H21NO. The summed E-state index contributed by atoms with van der Waals surface area (Å²) in [4.78, 5) is 0. The Labute approximate surface area is 92.1 Å². The molecule has 1 aromatic rings. The van der Waals surface area contributed by atoms with Gasteiger partial charge in [-0.3, -0.25) is 0 Å². The number of aliphatic hydroxyl groups is 1. The van der Waals surface area contributed by atoms with Crippen molar-refractivity contribution in [1.82, 2.24) is 0 Å². The molecule has 1 rings (SSSR count). The van der Waals surface area contributed by atoms with E-state index in [0.29, 0.717) is 6.54 Å². The second kappa shape index (κ2) is 4.77. The van der Waals surface area contributed by atoms with Crippen molar-refractivity contribution in [2.24, 2.45) is 11.1 Å². The van der Waals surface area contributed by atoms with Crippen molar-refractivity contribution in [3.05, 3.63) is 35.4 Å². The van der Waals surface area contributed by atoms with Crippen LogP contribution in [0.4, 0.5) is 0 Å². The summed E-state index contributed by atoms with van der Waals surface area (Å²) in [5.41, 5.74) is 7.59. The minimum absolute atomic E-state index is 0.134. The van der Waals surface area contributed by atoms with E-state index in [4.69, 9.17) is 5.73 Å². The molecule has 0 aliphatic carbocycles. The first-order valence-electron chi connectivity index (χ1n) is 5.42. The van der Waals surface area contributed by atoms with Crippen LogP contribution in [-0.2, 0) is 6.42 Å². The van der Waals surface area contributed by atoms with Crippen molar-refractivity contribution in [3.63, 3.8) is 0 Å². The van der Waals surface area contributed by atoms with Crippen LogP contribution >= 0.6 is 0 Å². The van der Waals surface area contributed by atoms with Crippen LogP contribution in [0, 0.1) is 5.41 Å². The fourth-order valence-electron chi connectivity index (χ4n) is 1.65. The molecule has 0 spiro atoms. The number of rotatable bonds is 3. The van der Waals surface area contributed by atoms with Gasteiger partial charge < -0.3 is 10.8 Å². The van der Waals surface area contributed by atoms with Crippen LogP contribution in [0.2, 0.25) is 0 Å². The Morgan fingerprint density at radius 1 is 1.27 bits per heavy atom. The van der Waals surface area contributed by atoms with Crippen LogP contribution in [0.3, 0.4) is 0 Å². The van der Waals surface area contributed by atoms with E-state index in [-0.39, 0.29) is 5.41 Å². The second-order valence-electron chi connectivity index (χ2n) is 5.01. The van der Waals surface area contributed by atoms with Gasteiger partial charge in [0.2, 0.25) is 0 Å². The van der Waals surface area contributed by atoms with E-state index in [2.05, 4.69) is 0 Å². The molecule has 0 aliphatic heterocycles. The fourth-order valence-corrected chi connectivity index (χ4v) is 1.65. The largest absolute Gasteiger partial charge is 0.388 e. The molecule has 15 heavy (non-hydrogen) atoms. The topological polar surface area (TPSA) is 46.2 Å². The lowest BCUT2D eigenvalue weighted by molar-refractivity contribution is 0.0619. The van der Waals surface area contributed by atoms with Gasteiger partial charge in [0.25, 0.3) is 0 Å². The maximum absolute atomic E-state index is 10.2. The minimum Gasteiger partial charge on any atom is -0.388 e. The predicted octanol–water partition coefficient (Wildman–Crippen LogP) is 2.27. The van der Waals surface area contributed by atoms with E-state index in [1.54, 1.807) is 0 Å². The fraction of sp³-hybridized carbons (Fsp3) is 0.538. The van der Waals surface area contributed by atoms with Gasteiger partial charge in [0.15, 0.2) is 0 Å². The molecule has 0 saturated heterocycles. The van der Waals surface area contributed by atoms with Crippen LogP contribution < -0.4 is 5.73 Å². The number of hydrogen-bond acceptors (Lipinski definition) is 2. The van der Waals surface area contributed by atoms with Gasteiger partial charge in [-0.05, 0) is 29.5 Å². The smallest absolute Gasteiger partial charge is 0.0840 e. The molecule has 1 unspecified atom stereocenters. The number of nitrogens with two attached hydrogens (primary N) is 1. The summed E-state index contributed by atoms with van der Waals surface area (Å²) in [6, 6.07) is 7.98. The summed E-state index contributed by atoms with van der Waals surface area (Å²) >= 11 is 0. The number of aliphatic hydroxyl groups excluding tert-OH is 1. The van der Waals surface area contributed by atoms with E-state index < -0.39 is 6.10 Å². The van der Waals surface area contributed by atoms with Crippen molar-refractivity contribution >= 4 is 0 Å². The second-order valence-corrected chi connectivity index (χ2v) is 5.01. The molecule has 0 aliphatic rings. The third-order valence-corrected chi connectivity index (χ3v) is 2.58. The van der Waals surface area contributed by atoms with Gasteiger partial charge in [0.05, 0.1) is 6.10 Å². The average molecular weight is 207 g/mol. The van der Waals surface area contributed by atoms with Crippen LogP contribution in [0.25, 0.3) is 0 Å². The monoisotopic (exact) mass is 207 g/mol. The molecule has 0 aromatic heterocycles. The Balaban J connectivity index is 3.02. The molecule has 0 saturated carbocycles. The van der Waals surface area contributed by atoms with E-state index in [0.717, 1.165) is 17.5 Å². The number of benzene rings is 1. The van der Waals surface area contributed by atoms with Crippen molar-refractivity contribution in [2.75, 3.05) is 6.54 Å². The summed E-state index contributed by atoms with van der Waals surface area (Å²) in [5.74, 6) is 0. The SMILES string of the molecule is CC(C)(C)C(O)c1ccccc1CCN. The average Bonchev–Trinajstić information content (AvgIpc) is 2.17. The van der Waals surface area contributed by atoms with Crippen LogP contribution in [0.5, 0.6) is 0 Å². The van der Waals surface area contributed by atoms with Gasteiger partial charge in [-0.2, -0.15) is 0 Å². The predicted molar refractivity (Wildman–Crippen MR) is 63.6 cm³/mol. The quantitative estimate of drug-likeness (QED) is 0.798. The summed E-state index contributed by atoms with van der Waals surface area (Å²) in [6.45, 7) is 6.73. The van der Waals surface area contributed by atoms with Gasteiger partial charge in [0, 0.05) is 0 Å². The molecule has 0 amide bonds. The van der Waals surface area contributed by atoms with Crippen molar-refractivity contribution in [1.29, 1.82) is 0 Å². The highest BCUT2D eigenvalue weighted by Crippen LogP contribution is 2.34. The van der Waals surface area contributed by atoms with Gasteiger partial charge in [0.1, 0.15) is 0 Å². The van der Waals surface area contributed by atoms with E-state index in [1.165, 1.54) is 0 Å². The van der Waals surface area contributed by atoms with E-state index >= 15 is 0 Å². The summed E-state index contributed by atoms with van der Waals surface area (Å²) < 4.78 is 0. The third kappa shape index (κ3) is 3.05. The minimum atomic E-state index is -0.430. The zero-order valence-electron chi connectivity index (χ0n) is 9.83. The molecule has 84 valence electrons. The molecule has 1 aromatic carbocycles. The lowest BCUT2D eigenvalue weighted by Crippen LogP contribution is -2.20. The van der Waals surface area contributed by atoms with Crippen LogP contribution in [0.15, 0.2) is 24.3 Å². The highest BCUT2D eigenvalue weighted by Gasteiger charge is 2.25. The third-order valence-electron chi connectivity index (χ3n) is 2.58. The molecule has 0 bridgehead atoms. The molecule has 2 heteroatoms. The van der Waals surface area contributed by atoms with Gasteiger partial charge in [-0.15, -0.1) is 0 Å². The molecule has 3 N–H and O–H groups in total. The molecular weight excluding hydrogens is 186 g/mol. The van der Waals surface area contributed by atoms with E-state index in [1.807, 2.05) is 45.0 Å². The summed E-state index contributed by atoms with van der Waals surface area (Å²) in [6.07, 6.45) is 0.392.